The smallest absolute Gasteiger partial charge is 0.224 e. The van der Waals surface area contributed by atoms with Crippen molar-refractivity contribution < 1.29 is 4.74 Å². The number of anilines is 1. The van der Waals surface area contributed by atoms with E-state index < -0.39 is 0 Å². The minimum absolute atomic E-state index is 0.559. The molecule has 0 bridgehead atoms. The molecule has 3 rings (SSSR count). The van der Waals surface area contributed by atoms with Crippen LogP contribution in [0.25, 0.3) is 0 Å². The van der Waals surface area contributed by atoms with Gasteiger partial charge in [-0.3, -0.25) is 0 Å². The standard InChI is InChI=1S/C15H16ClN3O/c1-11-8-12(4-5-13(11)16)20-15-9-14(17-10-18-15)19-6-2-3-7-19/h4-5,8-10H,2-3,6-7H2,1H3. The molecule has 0 atom stereocenters. The summed E-state index contributed by atoms with van der Waals surface area (Å²) in [5.74, 6) is 2.22. The highest BCUT2D eigenvalue weighted by molar-refractivity contribution is 6.31. The number of aryl methyl sites for hydroxylation is 1. The lowest BCUT2D eigenvalue weighted by atomic mass is 10.2. The minimum atomic E-state index is 0.559. The lowest BCUT2D eigenvalue weighted by Gasteiger charge is -2.16. The highest BCUT2D eigenvalue weighted by Gasteiger charge is 2.14. The molecule has 0 saturated carbocycles. The van der Waals surface area contributed by atoms with Gasteiger partial charge in [-0.15, -0.1) is 0 Å². The third-order valence-corrected chi connectivity index (χ3v) is 3.83. The average molecular weight is 290 g/mol. The van der Waals surface area contributed by atoms with E-state index in [1.165, 1.54) is 12.8 Å². The van der Waals surface area contributed by atoms with Crippen LogP contribution in [0.3, 0.4) is 0 Å². The lowest BCUT2D eigenvalue weighted by Crippen LogP contribution is -2.18. The van der Waals surface area contributed by atoms with Gasteiger partial charge in [-0.1, -0.05) is 11.6 Å². The van der Waals surface area contributed by atoms with E-state index in [0.717, 1.165) is 35.2 Å². The molecular weight excluding hydrogens is 274 g/mol. The van der Waals surface area contributed by atoms with Crippen LogP contribution in [0.4, 0.5) is 5.82 Å². The van der Waals surface area contributed by atoms with Gasteiger partial charge in [-0.2, -0.15) is 0 Å². The third-order valence-electron chi connectivity index (χ3n) is 3.41. The van der Waals surface area contributed by atoms with Crippen molar-refractivity contribution >= 4 is 17.4 Å². The molecule has 20 heavy (non-hydrogen) atoms. The monoisotopic (exact) mass is 289 g/mol. The van der Waals surface area contributed by atoms with Crippen LogP contribution in [0.5, 0.6) is 11.6 Å². The molecule has 0 amide bonds. The first-order valence-corrected chi connectivity index (χ1v) is 7.11. The topological polar surface area (TPSA) is 38.2 Å². The van der Waals surface area contributed by atoms with Crippen molar-refractivity contribution in [2.24, 2.45) is 0 Å². The molecule has 2 aromatic rings. The fraction of sp³-hybridized carbons (Fsp3) is 0.333. The second-order valence-corrected chi connectivity index (χ2v) is 5.33. The Bertz CT molecular complexity index is 612. The minimum Gasteiger partial charge on any atom is -0.439 e. The van der Waals surface area contributed by atoms with E-state index in [1.54, 1.807) is 6.33 Å². The number of aromatic nitrogens is 2. The van der Waals surface area contributed by atoms with Crippen molar-refractivity contribution in [1.82, 2.24) is 9.97 Å². The molecule has 1 aromatic carbocycles. The Labute approximate surface area is 123 Å². The van der Waals surface area contributed by atoms with Crippen molar-refractivity contribution in [2.75, 3.05) is 18.0 Å². The summed E-state index contributed by atoms with van der Waals surface area (Å²) in [6, 6.07) is 7.46. The van der Waals surface area contributed by atoms with E-state index in [9.17, 15) is 0 Å². The molecule has 1 fully saturated rings. The molecule has 1 aliphatic heterocycles. The molecule has 0 aliphatic carbocycles. The molecule has 5 heteroatoms. The highest BCUT2D eigenvalue weighted by atomic mass is 35.5. The van der Waals surface area contributed by atoms with Crippen LogP contribution in [0.2, 0.25) is 5.02 Å². The maximum absolute atomic E-state index is 6.01. The van der Waals surface area contributed by atoms with Gasteiger partial charge in [0.1, 0.15) is 17.9 Å². The Morgan fingerprint density at radius 1 is 1.15 bits per heavy atom. The first kappa shape index (κ1) is 13.2. The van der Waals surface area contributed by atoms with E-state index >= 15 is 0 Å². The van der Waals surface area contributed by atoms with Crippen LogP contribution in [0.15, 0.2) is 30.6 Å². The van der Waals surface area contributed by atoms with E-state index in [2.05, 4.69) is 14.9 Å². The SMILES string of the molecule is Cc1cc(Oc2cc(N3CCCC3)ncn2)ccc1Cl. The van der Waals surface area contributed by atoms with Crippen molar-refractivity contribution in [3.05, 3.63) is 41.2 Å². The van der Waals surface area contributed by atoms with Crippen LogP contribution in [0, 0.1) is 6.92 Å². The van der Waals surface area contributed by atoms with Crippen LogP contribution in [-0.4, -0.2) is 23.1 Å². The summed E-state index contributed by atoms with van der Waals surface area (Å²) in [7, 11) is 0. The Balaban J connectivity index is 1.79. The molecule has 0 spiro atoms. The Kier molecular flexibility index (Phi) is 3.74. The molecule has 4 nitrogen and oxygen atoms in total. The predicted molar refractivity (Wildman–Crippen MR) is 79.7 cm³/mol. The van der Waals surface area contributed by atoms with Crippen LogP contribution >= 0.6 is 11.6 Å². The number of halogens is 1. The molecule has 2 heterocycles. The average Bonchev–Trinajstić information content (AvgIpc) is 2.97. The number of hydrogen-bond acceptors (Lipinski definition) is 4. The maximum atomic E-state index is 6.01. The molecule has 1 aromatic heterocycles. The van der Waals surface area contributed by atoms with Crippen LogP contribution in [-0.2, 0) is 0 Å². The summed E-state index contributed by atoms with van der Waals surface area (Å²) in [5, 5.41) is 0.734. The van der Waals surface area contributed by atoms with Gasteiger partial charge in [-0.25, -0.2) is 9.97 Å². The first-order valence-electron chi connectivity index (χ1n) is 6.73. The maximum Gasteiger partial charge on any atom is 0.224 e. The van der Waals surface area contributed by atoms with E-state index in [-0.39, 0.29) is 0 Å². The summed E-state index contributed by atoms with van der Waals surface area (Å²) >= 11 is 6.01. The largest absolute Gasteiger partial charge is 0.439 e. The number of rotatable bonds is 3. The number of ether oxygens (including phenoxy) is 1. The first-order chi connectivity index (χ1) is 9.72. The zero-order valence-electron chi connectivity index (χ0n) is 11.3. The van der Waals surface area contributed by atoms with Gasteiger partial charge in [0.15, 0.2) is 0 Å². The van der Waals surface area contributed by atoms with Crippen LogP contribution in [0.1, 0.15) is 18.4 Å². The van der Waals surface area contributed by atoms with Crippen molar-refractivity contribution in [3.63, 3.8) is 0 Å². The number of hydrogen-bond donors (Lipinski definition) is 0. The fourth-order valence-electron chi connectivity index (χ4n) is 2.31. The number of benzene rings is 1. The van der Waals surface area contributed by atoms with Gasteiger partial charge < -0.3 is 9.64 Å². The quantitative estimate of drug-likeness (QED) is 0.861. The fourth-order valence-corrected chi connectivity index (χ4v) is 2.42. The summed E-state index contributed by atoms with van der Waals surface area (Å²) in [6.07, 6.45) is 3.99. The summed E-state index contributed by atoms with van der Waals surface area (Å²) in [5.41, 5.74) is 0.984. The molecular formula is C15H16ClN3O. The zero-order valence-corrected chi connectivity index (χ0v) is 12.1. The molecule has 0 unspecified atom stereocenters. The lowest BCUT2D eigenvalue weighted by molar-refractivity contribution is 0.461. The normalized spacial score (nSPS) is 14.6. The van der Waals surface area contributed by atoms with E-state index in [1.807, 2.05) is 31.2 Å². The van der Waals surface area contributed by atoms with Gasteiger partial charge in [0.05, 0.1) is 0 Å². The highest BCUT2D eigenvalue weighted by Crippen LogP contribution is 2.27. The second-order valence-electron chi connectivity index (χ2n) is 4.92. The van der Waals surface area contributed by atoms with Crippen molar-refractivity contribution in [2.45, 2.75) is 19.8 Å². The zero-order chi connectivity index (χ0) is 13.9. The number of nitrogens with zero attached hydrogens (tertiary/aromatic N) is 3. The molecule has 0 radical (unpaired) electrons. The Morgan fingerprint density at radius 2 is 1.95 bits per heavy atom. The van der Waals surface area contributed by atoms with Gasteiger partial charge >= 0.3 is 0 Å². The Hall–Kier alpha value is -1.81. The van der Waals surface area contributed by atoms with Gasteiger partial charge in [-0.05, 0) is 43.5 Å². The summed E-state index contributed by atoms with van der Waals surface area (Å²) in [4.78, 5) is 10.7. The van der Waals surface area contributed by atoms with Gasteiger partial charge in [0, 0.05) is 24.2 Å². The second kappa shape index (κ2) is 5.67. The van der Waals surface area contributed by atoms with Gasteiger partial charge in [0.25, 0.3) is 0 Å². The van der Waals surface area contributed by atoms with Gasteiger partial charge in [0.2, 0.25) is 5.88 Å². The predicted octanol–water partition coefficient (Wildman–Crippen LogP) is 3.83. The van der Waals surface area contributed by atoms with Crippen molar-refractivity contribution in [1.29, 1.82) is 0 Å². The third kappa shape index (κ3) is 2.85. The van der Waals surface area contributed by atoms with Crippen LogP contribution < -0.4 is 9.64 Å². The summed E-state index contributed by atoms with van der Waals surface area (Å²) in [6.45, 7) is 4.05. The van der Waals surface area contributed by atoms with Crippen molar-refractivity contribution in [3.8, 4) is 11.6 Å². The van der Waals surface area contributed by atoms with E-state index in [4.69, 9.17) is 16.3 Å². The molecule has 104 valence electrons. The molecule has 1 aliphatic rings. The molecule has 0 N–H and O–H groups in total. The summed E-state index contributed by atoms with van der Waals surface area (Å²) < 4.78 is 5.78. The molecule has 1 saturated heterocycles. The van der Waals surface area contributed by atoms with E-state index in [0.29, 0.717) is 5.88 Å². The Morgan fingerprint density at radius 3 is 2.70 bits per heavy atom.